The maximum atomic E-state index is 13.3. The number of benzene rings is 2. The van der Waals surface area contributed by atoms with Gasteiger partial charge >= 0.3 is 0 Å². The van der Waals surface area contributed by atoms with Crippen LogP contribution < -0.4 is 10.1 Å². The van der Waals surface area contributed by atoms with Crippen molar-refractivity contribution in [2.24, 2.45) is 0 Å². The smallest absolute Gasteiger partial charge is 0.273 e. The topological polar surface area (TPSA) is 71.5 Å². The third kappa shape index (κ3) is 4.44. The van der Waals surface area contributed by atoms with Gasteiger partial charge in [0.1, 0.15) is 17.3 Å². The number of nitrogens with one attached hydrogen (secondary N) is 1. The van der Waals surface area contributed by atoms with Crippen molar-refractivity contribution >= 4 is 23.2 Å². The predicted octanol–water partition coefficient (Wildman–Crippen LogP) is 3.69. The minimum Gasteiger partial charge on any atom is -0.492 e. The van der Waals surface area contributed by atoms with Crippen LogP contribution in [0.1, 0.15) is 31.4 Å². The summed E-state index contributed by atoms with van der Waals surface area (Å²) in [6.07, 6.45) is 0.803. The van der Waals surface area contributed by atoms with Gasteiger partial charge in [0.25, 0.3) is 11.8 Å². The van der Waals surface area contributed by atoms with Crippen LogP contribution in [0.15, 0.2) is 42.5 Å². The average molecular weight is 440 g/mol. The van der Waals surface area contributed by atoms with Crippen molar-refractivity contribution in [3.05, 3.63) is 70.1 Å². The van der Waals surface area contributed by atoms with Crippen LogP contribution in [0, 0.1) is 12.7 Å². The molecule has 1 N–H and O–H groups in total. The number of halogens is 1. The number of carbonyl (C=O) groups excluding carboxylic acids is 2. The quantitative estimate of drug-likeness (QED) is 0.636. The summed E-state index contributed by atoms with van der Waals surface area (Å²) in [6, 6.07) is 11.5. The number of aromatic nitrogens is 1. The van der Waals surface area contributed by atoms with E-state index in [1.165, 1.54) is 28.4 Å². The van der Waals surface area contributed by atoms with Crippen LogP contribution >= 0.6 is 11.3 Å². The Morgan fingerprint density at radius 2 is 2.00 bits per heavy atom. The number of hydrogen-bond donors (Lipinski definition) is 1. The molecule has 4 rings (SSSR count). The molecule has 1 aliphatic rings. The van der Waals surface area contributed by atoms with Gasteiger partial charge in [0.05, 0.1) is 22.1 Å². The van der Waals surface area contributed by atoms with Crippen molar-refractivity contribution in [3.8, 4) is 16.2 Å². The Morgan fingerprint density at radius 1 is 1.23 bits per heavy atom. The molecule has 8 heteroatoms. The fraction of sp³-hybridized carbons (Fsp3) is 0.261. The second kappa shape index (κ2) is 8.85. The fourth-order valence-corrected chi connectivity index (χ4v) is 4.39. The molecule has 0 fully saturated rings. The number of likely N-dealkylation sites (N-methyl/N-ethyl adjacent to an activating group) is 1. The number of hydrogen-bond acceptors (Lipinski definition) is 5. The zero-order valence-electron chi connectivity index (χ0n) is 17.3. The highest BCUT2D eigenvalue weighted by Crippen LogP contribution is 2.31. The predicted molar refractivity (Wildman–Crippen MR) is 117 cm³/mol. The van der Waals surface area contributed by atoms with E-state index in [9.17, 15) is 14.0 Å². The highest BCUT2D eigenvalue weighted by molar-refractivity contribution is 7.15. The van der Waals surface area contributed by atoms with Crippen molar-refractivity contribution < 1.29 is 18.7 Å². The molecule has 1 aromatic heterocycles. The van der Waals surface area contributed by atoms with E-state index in [-0.39, 0.29) is 17.6 Å². The van der Waals surface area contributed by atoms with Crippen LogP contribution in [0.25, 0.3) is 10.4 Å². The Labute approximate surface area is 183 Å². The lowest BCUT2D eigenvalue weighted by atomic mass is 10.1. The normalized spacial score (nSPS) is 12.2. The summed E-state index contributed by atoms with van der Waals surface area (Å²) in [4.78, 5) is 32.2. The van der Waals surface area contributed by atoms with Gasteiger partial charge in [0, 0.05) is 26.6 Å². The average Bonchev–Trinajstić information content (AvgIpc) is 3.40. The minimum absolute atomic E-state index is 0.226. The Morgan fingerprint density at radius 3 is 2.77 bits per heavy atom. The van der Waals surface area contributed by atoms with Crippen LogP contribution in [-0.2, 0) is 6.42 Å². The van der Waals surface area contributed by atoms with Crippen molar-refractivity contribution in [3.63, 3.8) is 0 Å². The zero-order valence-corrected chi connectivity index (χ0v) is 18.1. The molecule has 31 heavy (non-hydrogen) atoms. The molecule has 2 aromatic carbocycles. The van der Waals surface area contributed by atoms with E-state index < -0.39 is 0 Å². The third-order valence-electron chi connectivity index (χ3n) is 5.08. The van der Waals surface area contributed by atoms with Gasteiger partial charge in [-0.2, -0.15) is 0 Å². The fourth-order valence-electron chi connectivity index (χ4n) is 3.48. The number of nitrogens with zero attached hydrogens (tertiary/aromatic N) is 2. The van der Waals surface area contributed by atoms with Crippen molar-refractivity contribution in [2.45, 2.75) is 13.3 Å². The molecule has 2 amide bonds. The van der Waals surface area contributed by atoms with Crippen LogP contribution in [0.2, 0.25) is 0 Å². The molecule has 1 aliphatic heterocycles. The molecule has 0 radical (unpaired) electrons. The minimum atomic E-state index is -0.333. The molecule has 0 aliphatic carbocycles. The molecule has 3 aromatic rings. The van der Waals surface area contributed by atoms with E-state index in [1.54, 1.807) is 25.2 Å². The molecule has 6 nitrogen and oxygen atoms in total. The van der Waals surface area contributed by atoms with Gasteiger partial charge in [0.2, 0.25) is 0 Å². The summed E-state index contributed by atoms with van der Waals surface area (Å²) < 4.78 is 18.8. The lowest BCUT2D eigenvalue weighted by Gasteiger charge is -2.17. The molecule has 2 heterocycles. The van der Waals surface area contributed by atoms with E-state index in [1.807, 2.05) is 19.1 Å². The molecule has 0 saturated carbocycles. The summed E-state index contributed by atoms with van der Waals surface area (Å²) in [6.45, 7) is 3.02. The van der Waals surface area contributed by atoms with Gasteiger partial charge in [-0.1, -0.05) is 24.3 Å². The SMILES string of the molecule is Cc1nc(C(=O)N(C)CCNC(=O)c2cccc3c2OCC3)c(-c2ccc(F)cc2)s1. The monoisotopic (exact) mass is 439 g/mol. The number of rotatable bonds is 6. The van der Waals surface area contributed by atoms with Crippen LogP contribution in [0.4, 0.5) is 4.39 Å². The molecule has 0 saturated heterocycles. The van der Waals surface area contributed by atoms with Gasteiger partial charge in [0.15, 0.2) is 0 Å². The number of fused-ring (bicyclic) bond motifs is 1. The zero-order chi connectivity index (χ0) is 22.0. The summed E-state index contributed by atoms with van der Waals surface area (Å²) in [5.41, 5.74) is 2.62. The summed E-state index contributed by atoms with van der Waals surface area (Å²) in [5, 5.41) is 3.60. The maximum Gasteiger partial charge on any atom is 0.273 e. The lowest BCUT2D eigenvalue weighted by Crippen LogP contribution is -2.36. The van der Waals surface area contributed by atoms with Crippen molar-refractivity contribution in [1.82, 2.24) is 15.2 Å². The Balaban J connectivity index is 1.40. The molecule has 0 bridgehead atoms. The first-order valence-electron chi connectivity index (χ1n) is 9.96. The first kappa shape index (κ1) is 21.0. The number of aryl methyl sites for hydroxylation is 1. The first-order valence-corrected chi connectivity index (χ1v) is 10.8. The van der Waals surface area contributed by atoms with Crippen LogP contribution in [0.3, 0.4) is 0 Å². The second-order valence-corrected chi connectivity index (χ2v) is 8.50. The highest BCUT2D eigenvalue weighted by Gasteiger charge is 2.23. The van der Waals surface area contributed by atoms with E-state index >= 15 is 0 Å². The maximum absolute atomic E-state index is 13.3. The molecular formula is C23H22FN3O3S. The summed E-state index contributed by atoms with van der Waals surface area (Å²) in [5.74, 6) is -0.163. The first-order chi connectivity index (χ1) is 14.9. The lowest BCUT2D eigenvalue weighted by molar-refractivity contribution is 0.0782. The number of para-hydroxylation sites is 1. The number of carbonyl (C=O) groups is 2. The van der Waals surface area contributed by atoms with E-state index in [4.69, 9.17) is 4.74 Å². The summed E-state index contributed by atoms with van der Waals surface area (Å²) >= 11 is 1.39. The second-order valence-electron chi connectivity index (χ2n) is 7.29. The van der Waals surface area contributed by atoms with Crippen LogP contribution in [-0.4, -0.2) is 48.4 Å². The number of ether oxygens (including phenoxy) is 1. The van der Waals surface area contributed by atoms with E-state index in [0.717, 1.165) is 22.6 Å². The largest absolute Gasteiger partial charge is 0.492 e. The molecule has 0 atom stereocenters. The van der Waals surface area contributed by atoms with Crippen LogP contribution in [0.5, 0.6) is 5.75 Å². The van der Waals surface area contributed by atoms with E-state index in [0.29, 0.717) is 41.6 Å². The van der Waals surface area contributed by atoms with Gasteiger partial charge < -0.3 is 15.0 Å². The molecule has 0 spiro atoms. The van der Waals surface area contributed by atoms with Crippen molar-refractivity contribution in [2.75, 3.05) is 26.7 Å². The highest BCUT2D eigenvalue weighted by atomic mass is 32.1. The molecule has 0 unspecified atom stereocenters. The van der Waals surface area contributed by atoms with Gasteiger partial charge in [-0.3, -0.25) is 9.59 Å². The van der Waals surface area contributed by atoms with Gasteiger partial charge in [-0.25, -0.2) is 9.37 Å². The molecular weight excluding hydrogens is 417 g/mol. The third-order valence-corrected chi connectivity index (χ3v) is 6.10. The molecule has 160 valence electrons. The van der Waals surface area contributed by atoms with Crippen molar-refractivity contribution in [1.29, 1.82) is 0 Å². The van der Waals surface area contributed by atoms with Gasteiger partial charge in [-0.05, 0) is 36.2 Å². The standard InChI is InChI=1S/C23H22FN3O3S/c1-14-26-19(21(31-14)16-6-8-17(24)9-7-16)23(29)27(2)12-11-25-22(28)18-5-3-4-15-10-13-30-20(15)18/h3-9H,10-13H2,1-2H3,(H,25,28). The summed E-state index contributed by atoms with van der Waals surface area (Å²) in [7, 11) is 1.67. The Hall–Kier alpha value is -3.26. The van der Waals surface area contributed by atoms with E-state index in [2.05, 4.69) is 10.3 Å². The number of amides is 2. The number of thiazole rings is 1. The Kier molecular flexibility index (Phi) is 5.99. The Bertz CT molecular complexity index is 1130. The van der Waals surface area contributed by atoms with Gasteiger partial charge in [-0.15, -0.1) is 11.3 Å².